The Balaban J connectivity index is 0.00000280. The number of halogens is 3. The minimum Gasteiger partial charge on any atom is -0.496 e. The van der Waals surface area contributed by atoms with Crippen LogP contribution in [0, 0.1) is 6.92 Å². The van der Waals surface area contributed by atoms with E-state index in [2.05, 4.69) is 27.1 Å². The first-order valence-corrected chi connectivity index (χ1v) is 18.9. The molecule has 4 aromatic rings. The number of nitrogens with one attached hydrogen (secondary N) is 2. The van der Waals surface area contributed by atoms with E-state index in [0.29, 0.717) is 46.8 Å². The normalized spacial score (nSPS) is 14.5. The molecule has 56 heavy (non-hydrogen) atoms. The number of fused-ring (bicyclic) bond motifs is 1. The van der Waals surface area contributed by atoms with Gasteiger partial charge in [-0.25, -0.2) is 4.98 Å². The molecule has 2 fully saturated rings. The van der Waals surface area contributed by atoms with Crippen LogP contribution in [-0.2, 0) is 11.3 Å². The number of anilines is 2. The Bertz CT molecular complexity index is 1910. The predicted molar refractivity (Wildman–Crippen MR) is 230 cm³/mol. The van der Waals surface area contributed by atoms with Crippen molar-refractivity contribution in [2.75, 3.05) is 77.3 Å². The van der Waals surface area contributed by atoms with E-state index in [1.807, 2.05) is 48.2 Å². The zero-order valence-corrected chi connectivity index (χ0v) is 35.3. The number of carbonyl (C=O) groups excluding carboxylic acids is 3. The summed E-state index contributed by atoms with van der Waals surface area (Å²) in [6.07, 6.45) is 6.74. The van der Waals surface area contributed by atoms with Crippen LogP contribution >= 0.6 is 37.2 Å². The number of amides is 3. The van der Waals surface area contributed by atoms with E-state index in [9.17, 15) is 14.4 Å². The number of unbranched alkanes of at least 4 members (excludes halogenated alkanes) is 2. The summed E-state index contributed by atoms with van der Waals surface area (Å²) in [7, 11) is 5.28. The van der Waals surface area contributed by atoms with E-state index < -0.39 is 0 Å². The van der Waals surface area contributed by atoms with Crippen molar-refractivity contribution in [2.24, 2.45) is 0 Å². The molecule has 2 aliphatic heterocycles. The fourth-order valence-corrected chi connectivity index (χ4v) is 7.06. The van der Waals surface area contributed by atoms with Crippen LogP contribution in [0.25, 0.3) is 11.0 Å². The van der Waals surface area contributed by atoms with Crippen molar-refractivity contribution in [3.05, 3.63) is 77.1 Å². The first-order valence-electron chi connectivity index (χ1n) is 18.9. The third kappa shape index (κ3) is 11.7. The summed E-state index contributed by atoms with van der Waals surface area (Å²) in [6.45, 7) is 8.80. The number of ether oxygens (including phenoxy) is 2. The lowest BCUT2D eigenvalue weighted by atomic mass is 10.1. The number of aromatic amines is 1. The number of piperazine rings is 1. The Labute approximate surface area is 348 Å². The molecule has 0 unspecified atom stereocenters. The Hall–Kier alpha value is -4.07. The molecule has 0 bridgehead atoms. The highest BCUT2D eigenvalue weighted by molar-refractivity contribution is 6.11. The summed E-state index contributed by atoms with van der Waals surface area (Å²) < 4.78 is 11.8. The molecule has 2 saturated heterocycles. The Morgan fingerprint density at radius 1 is 0.875 bits per heavy atom. The molecule has 3 amide bonds. The van der Waals surface area contributed by atoms with E-state index in [1.165, 1.54) is 26.4 Å². The molecule has 0 atom stereocenters. The maximum Gasteiger partial charge on any atom is 0.259 e. The second kappa shape index (κ2) is 22.0. The van der Waals surface area contributed by atoms with Crippen LogP contribution in [0.2, 0.25) is 0 Å². The van der Waals surface area contributed by atoms with Gasteiger partial charge in [0, 0.05) is 45.2 Å². The number of carbonyl (C=O) groups is 3. The van der Waals surface area contributed by atoms with Crippen molar-refractivity contribution in [3.63, 3.8) is 0 Å². The number of likely N-dealkylation sites (N-methyl/N-ethyl adjacent to an activating group) is 1. The first-order chi connectivity index (χ1) is 25.7. The number of piperidine rings is 1. The van der Waals surface area contributed by atoms with Gasteiger partial charge in [0.05, 0.1) is 42.7 Å². The van der Waals surface area contributed by atoms with Crippen LogP contribution in [0.5, 0.6) is 11.5 Å². The fraction of sp³-hybridized carbons (Fsp3) is 0.463. The van der Waals surface area contributed by atoms with Gasteiger partial charge in [0.25, 0.3) is 11.8 Å². The summed E-state index contributed by atoms with van der Waals surface area (Å²) >= 11 is 0. The molecule has 2 N–H and O–H groups in total. The number of aromatic nitrogens is 2. The Kier molecular flexibility index (Phi) is 18.2. The van der Waals surface area contributed by atoms with Gasteiger partial charge < -0.3 is 34.5 Å². The zero-order chi connectivity index (χ0) is 37.3. The molecule has 2 aliphatic rings. The van der Waals surface area contributed by atoms with Gasteiger partial charge >= 0.3 is 0 Å². The van der Waals surface area contributed by atoms with Gasteiger partial charge in [-0.2, -0.15) is 0 Å². The predicted octanol–water partition coefficient (Wildman–Crippen LogP) is 7.37. The molecule has 6 rings (SSSR count). The van der Waals surface area contributed by atoms with Gasteiger partial charge in [0.1, 0.15) is 22.8 Å². The number of benzene rings is 3. The summed E-state index contributed by atoms with van der Waals surface area (Å²) in [6, 6.07) is 16.3. The largest absolute Gasteiger partial charge is 0.496 e. The van der Waals surface area contributed by atoms with Gasteiger partial charge in [0.2, 0.25) is 5.91 Å². The van der Waals surface area contributed by atoms with Crippen LogP contribution in [0.15, 0.2) is 54.6 Å². The van der Waals surface area contributed by atoms with Gasteiger partial charge in [-0.1, -0.05) is 18.6 Å². The minimum atomic E-state index is -0.361. The number of hydrogen-bond donors (Lipinski definition) is 2. The van der Waals surface area contributed by atoms with Crippen molar-refractivity contribution in [2.45, 2.75) is 58.4 Å². The molecule has 15 heteroatoms. The number of imidazole rings is 1. The molecular weight excluding hydrogens is 777 g/mol. The van der Waals surface area contributed by atoms with Gasteiger partial charge in [-0.05, 0) is 107 Å². The molecule has 0 spiro atoms. The molecule has 0 aliphatic carbocycles. The summed E-state index contributed by atoms with van der Waals surface area (Å²) in [4.78, 5) is 56.4. The number of likely N-dealkylation sites (tertiary alicyclic amines) is 1. The number of hydrogen-bond acceptors (Lipinski definition) is 8. The molecule has 0 radical (unpaired) electrons. The Morgan fingerprint density at radius 3 is 2.36 bits per heavy atom. The number of H-pyrrole nitrogens is 1. The zero-order valence-electron chi connectivity index (χ0n) is 32.8. The lowest BCUT2D eigenvalue weighted by Crippen LogP contribution is -2.47. The average molecular weight is 833 g/mol. The van der Waals surface area contributed by atoms with Gasteiger partial charge in [-0.15, -0.1) is 37.2 Å². The molecule has 3 heterocycles. The molecule has 1 aromatic heterocycles. The highest BCUT2D eigenvalue weighted by atomic mass is 35.5. The summed E-state index contributed by atoms with van der Waals surface area (Å²) in [5.41, 5.74) is 4.49. The summed E-state index contributed by atoms with van der Waals surface area (Å²) in [5.74, 6) is 1.38. The van der Waals surface area contributed by atoms with E-state index in [4.69, 9.17) is 14.5 Å². The topological polar surface area (TPSA) is 123 Å². The minimum absolute atomic E-state index is 0. The summed E-state index contributed by atoms with van der Waals surface area (Å²) in [5, 5.41) is 3.01. The van der Waals surface area contributed by atoms with Crippen LogP contribution in [-0.4, -0.2) is 109 Å². The molecule has 0 saturated carbocycles. The van der Waals surface area contributed by atoms with Crippen molar-refractivity contribution < 1.29 is 23.9 Å². The maximum atomic E-state index is 13.8. The third-order valence-corrected chi connectivity index (χ3v) is 10.3. The Morgan fingerprint density at radius 2 is 1.62 bits per heavy atom. The lowest BCUT2D eigenvalue weighted by molar-refractivity contribution is -0.132. The maximum absolute atomic E-state index is 13.8. The number of nitrogens with zero attached hydrogens (tertiary/aromatic N) is 5. The average Bonchev–Trinajstić information content (AvgIpc) is 3.59. The fourth-order valence-electron chi connectivity index (χ4n) is 7.06. The van der Waals surface area contributed by atoms with Crippen molar-refractivity contribution >= 4 is 77.4 Å². The first kappa shape index (κ1) is 46.3. The van der Waals surface area contributed by atoms with Gasteiger partial charge in [0.15, 0.2) is 0 Å². The van der Waals surface area contributed by atoms with Crippen LogP contribution < -0.4 is 19.7 Å². The number of para-hydroxylation sites is 1. The SMILES string of the molecule is COc1cc(C(=O)N(C)c2ccc(C)cc2OCCCCCC(=O)N2CCN(C)CC2)ccc1C(=O)Nc1cccc2[nH]c(CN3CCCCC3)nc12.Cl.Cl.Cl. The van der Waals surface area contributed by atoms with E-state index in [-0.39, 0.29) is 60.7 Å². The molecule has 306 valence electrons. The van der Waals surface area contributed by atoms with E-state index in [0.717, 1.165) is 82.0 Å². The lowest BCUT2D eigenvalue weighted by Gasteiger charge is -2.32. The molecule has 3 aromatic carbocycles. The molecule has 12 nitrogen and oxygen atoms in total. The van der Waals surface area contributed by atoms with Crippen molar-refractivity contribution in [3.8, 4) is 11.5 Å². The number of rotatable bonds is 14. The smallest absolute Gasteiger partial charge is 0.259 e. The monoisotopic (exact) mass is 831 g/mol. The second-order valence-corrected chi connectivity index (χ2v) is 14.3. The van der Waals surface area contributed by atoms with Gasteiger partial charge in [-0.3, -0.25) is 19.3 Å². The van der Waals surface area contributed by atoms with Crippen molar-refractivity contribution in [1.82, 2.24) is 24.7 Å². The van der Waals surface area contributed by atoms with Crippen LogP contribution in [0.4, 0.5) is 11.4 Å². The van der Waals surface area contributed by atoms with E-state index in [1.54, 1.807) is 30.1 Å². The number of methoxy groups -OCH3 is 1. The highest BCUT2D eigenvalue weighted by Crippen LogP contribution is 2.32. The van der Waals surface area contributed by atoms with E-state index >= 15 is 0 Å². The second-order valence-electron chi connectivity index (χ2n) is 14.3. The van der Waals surface area contributed by atoms with Crippen LogP contribution in [0.3, 0.4) is 0 Å². The highest BCUT2D eigenvalue weighted by Gasteiger charge is 2.23. The molecular formula is C41H56Cl3N7O5. The standard InChI is InChI=1S/C41H53N7O5.3ClH/c1-29-15-18-34(36(26-29)53-25-10-5-7-14-38(49)48-23-21-45(2)22-24-48)46(3)41(51)30-16-17-31(35(27-30)52-4)40(50)43-33-13-11-12-32-39(33)44-37(42-32)28-47-19-8-6-9-20-47;;;/h11-13,15-18,26-27H,5-10,14,19-25,28H2,1-4H3,(H,42,44)(H,43,50);3*1H. The van der Waals surface area contributed by atoms with Crippen molar-refractivity contribution in [1.29, 1.82) is 0 Å². The third-order valence-electron chi connectivity index (χ3n) is 10.3. The number of aryl methyl sites for hydroxylation is 1. The quantitative estimate of drug-likeness (QED) is 0.126. The van der Waals surface area contributed by atoms with Crippen LogP contribution in [0.1, 0.15) is 77.0 Å².